The standard InChI is InChI=1S/C11H9BrN2O2S/c12-9-1-2-17-10(9)6-14-11(16)7-3-8(15)5-13-4-7/h1-5,15H,6H2,(H,14,16). The van der Waals surface area contributed by atoms with Crippen LogP contribution in [0.1, 0.15) is 15.2 Å². The Morgan fingerprint density at radius 1 is 1.53 bits per heavy atom. The van der Waals surface area contributed by atoms with Crippen LogP contribution in [-0.2, 0) is 6.54 Å². The number of carbonyl (C=O) groups is 1. The van der Waals surface area contributed by atoms with Crippen LogP contribution in [-0.4, -0.2) is 16.0 Å². The molecule has 17 heavy (non-hydrogen) atoms. The number of hydrogen-bond donors (Lipinski definition) is 2. The second-order valence-electron chi connectivity index (χ2n) is 3.31. The summed E-state index contributed by atoms with van der Waals surface area (Å²) in [6.07, 6.45) is 2.70. The third kappa shape index (κ3) is 3.04. The molecule has 0 atom stereocenters. The highest BCUT2D eigenvalue weighted by Gasteiger charge is 2.08. The minimum absolute atomic E-state index is 0.0186. The summed E-state index contributed by atoms with van der Waals surface area (Å²) in [7, 11) is 0. The maximum absolute atomic E-state index is 11.7. The number of rotatable bonds is 3. The average molecular weight is 313 g/mol. The maximum atomic E-state index is 11.7. The first-order valence-corrected chi connectivity index (χ1v) is 6.48. The highest BCUT2D eigenvalue weighted by molar-refractivity contribution is 9.10. The Labute approximate surface area is 110 Å². The molecule has 2 N–H and O–H groups in total. The smallest absolute Gasteiger partial charge is 0.253 e. The van der Waals surface area contributed by atoms with Gasteiger partial charge in [-0.25, -0.2) is 0 Å². The van der Waals surface area contributed by atoms with E-state index in [-0.39, 0.29) is 11.7 Å². The van der Waals surface area contributed by atoms with Crippen LogP contribution >= 0.6 is 27.3 Å². The zero-order valence-corrected chi connectivity index (χ0v) is 11.1. The molecule has 0 fully saturated rings. The lowest BCUT2D eigenvalue weighted by atomic mass is 10.2. The first kappa shape index (κ1) is 12.1. The van der Waals surface area contributed by atoms with Gasteiger partial charge in [0.15, 0.2) is 0 Å². The molecule has 2 aromatic heterocycles. The molecule has 0 bridgehead atoms. The van der Waals surface area contributed by atoms with Crippen LogP contribution in [0.25, 0.3) is 0 Å². The van der Waals surface area contributed by atoms with Gasteiger partial charge in [-0.15, -0.1) is 11.3 Å². The fourth-order valence-corrected chi connectivity index (χ4v) is 2.70. The van der Waals surface area contributed by atoms with Crippen LogP contribution in [0.4, 0.5) is 0 Å². The lowest BCUT2D eigenvalue weighted by Crippen LogP contribution is -2.22. The van der Waals surface area contributed by atoms with Gasteiger partial charge in [0.2, 0.25) is 0 Å². The van der Waals surface area contributed by atoms with Crippen LogP contribution in [0.2, 0.25) is 0 Å². The first-order chi connectivity index (χ1) is 8.16. The third-order valence-corrected chi connectivity index (χ3v) is 4.01. The molecule has 0 aliphatic rings. The summed E-state index contributed by atoms with van der Waals surface area (Å²) in [5.41, 5.74) is 0.345. The van der Waals surface area contributed by atoms with E-state index in [0.29, 0.717) is 12.1 Å². The molecule has 2 rings (SSSR count). The number of hydrogen-bond acceptors (Lipinski definition) is 4. The van der Waals surface area contributed by atoms with Gasteiger partial charge < -0.3 is 10.4 Å². The molecule has 2 aromatic rings. The van der Waals surface area contributed by atoms with Gasteiger partial charge in [-0.1, -0.05) is 0 Å². The topological polar surface area (TPSA) is 62.2 Å². The number of amides is 1. The van der Waals surface area contributed by atoms with Crippen molar-refractivity contribution in [2.45, 2.75) is 6.54 Å². The van der Waals surface area contributed by atoms with E-state index >= 15 is 0 Å². The fraction of sp³-hybridized carbons (Fsp3) is 0.0909. The van der Waals surface area contributed by atoms with Crippen molar-refractivity contribution in [1.82, 2.24) is 10.3 Å². The van der Waals surface area contributed by atoms with Crippen molar-refractivity contribution in [3.8, 4) is 5.75 Å². The van der Waals surface area contributed by atoms with Gasteiger partial charge in [0.05, 0.1) is 18.3 Å². The molecule has 0 unspecified atom stereocenters. The SMILES string of the molecule is O=C(NCc1sccc1Br)c1cncc(O)c1. The van der Waals surface area contributed by atoms with Crippen LogP contribution in [0, 0.1) is 0 Å². The van der Waals surface area contributed by atoms with Crippen molar-refractivity contribution in [3.05, 3.63) is 44.8 Å². The van der Waals surface area contributed by atoms with Crippen molar-refractivity contribution < 1.29 is 9.90 Å². The van der Waals surface area contributed by atoms with Gasteiger partial charge >= 0.3 is 0 Å². The largest absolute Gasteiger partial charge is 0.506 e. The van der Waals surface area contributed by atoms with Crippen molar-refractivity contribution >= 4 is 33.2 Å². The monoisotopic (exact) mass is 312 g/mol. The number of thiophene rings is 1. The van der Waals surface area contributed by atoms with Gasteiger partial charge in [-0.3, -0.25) is 9.78 Å². The molecule has 0 radical (unpaired) electrons. The highest BCUT2D eigenvalue weighted by atomic mass is 79.9. The molecule has 0 aliphatic carbocycles. The average Bonchev–Trinajstić information content (AvgIpc) is 2.72. The maximum Gasteiger partial charge on any atom is 0.253 e. The number of pyridine rings is 1. The number of halogens is 1. The minimum atomic E-state index is -0.256. The first-order valence-electron chi connectivity index (χ1n) is 4.81. The summed E-state index contributed by atoms with van der Waals surface area (Å²) in [4.78, 5) is 16.5. The molecular weight excluding hydrogens is 304 g/mol. The van der Waals surface area contributed by atoms with Crippen LogP contribution in [0.5, 0.6) is 5.75 Å². The Kier molecular flexibility index (Phi) is 3.75. The summed E-state index contributed by atoms with van der Waals surface area (Å²) < 4.78 is 0.983. The van der Waals surface area contributed by atoms with E-state index in [9.17, 15) is 9.90 Å². The van der Waals surface area contributed by atoms with E-state index in [4.69, 9.17) is 0 Å². The van der Waals surface area contributed by atoms with E-state index in [1.807, 2.05) is 11.4 Å². The van der Waals surface area contributed by atoms with Crippen molar-refractivity contribution in [3.63, 3.8) is 0 Å². The number of carbonyl (C=O) groups excluding carboxylic acids is 1. The zero-order valence-electron chi connectivity index (χ0n) is 8.68. The molecule has 2 heterocycles. The number of aromatic nitrogens is 1. The van der Waals surface area contributed by atoms with Crippen LogP contribution in [0.15, 0.2) is 34.4 Å². The second kappa shape index (κ2) is 5.29. The Morgan fingerprint density at radius 3 is 3.00 bits per heavy atom. The van der Waals surface area contributed by atoms with Gasteiger partial charge in [0.1, 0.15) is 5.75 Å². The van der Waals surface area contributed by atoms with E-state index < -0.39 is 0 Å². The Morgan fingerprint density at radius 2 is 2.35 bits per heavy atom. The van der Waals surface area contributed by atoms with Gasteiger partial charge in [0, 0.05) is 15.5 Å². The predicted octanol–water partition coefficient (Wildman–Crippen LogP) is 2.54. The molecule has 88 valence electrons. The van der Waals surface area contributed by atoms with E-state index in [0.717, 1.165) is 9.35 Å². The molecule has 0 saturated carbocycles. The Hall–Kier alpha value is -1.40. The minimum Gasteiger partial charge on any atom is -0.506 e. The molecule has 0 spiro atoms. The molecule has 0 aromatic carbocycles. The number of nitrogens with one attached hydrogen (secondary N) is 1. The number of aromatic hydroxyl groups is 1. The molecule has 4 nitrogen and oxygen atoms in total. The summed E-state index contributed by atoms with van der Waals surface area (Å²) >= 11 is 4.95. The summed E-state index contributed by atoms with van der Waals surface area (Å²) in [5, 5.41) is 13.9. The van der Waals surface area contributed by atoms with Gasteiger partial charge in [-0.2, -0.15) is 0 Å². The van der Waals surface area contributed by atoms with Crippen LogP contribution < -0.4 is 5.32 Å². The van der Waals surface area contributed by atoms with E-state index in [1.165, 1.54) is 18.5 Å². The van der Waals surface area contributed by atoms with E-state index in [1.54, 1.807) is 11.3 Å². The summed E-state index contributed by atoms with van der Waals surface area (Å²) in [5.74, 6) is -0.274. The Balaban J connectivity index is 2.01. The van der Waals surface area contributed by atoms with Crippen molar-refractivity contribution in [2.24, 2.45) is 0 Å². The van der Waals surface area contributed by atoms with Crippen molar-refractivity contribution in [2.75, 3.05) is 0 Å². The summed E-state index contributed by atoms with van der Waals surface area (Å²) in [6.45, 7) is 0.451. The Bertz CT molecular complexity index is 542. The van der Waals surface area contributed by atoms with Gasteiger partial charge in [-0.05, 0) is 33.4 Å². The lowest BCUT2D eigenvalue weighted by Gasteiger charge is -2.04. The summed E-state index contributed by atoms with van der Waals surface area (Å²) in [6, 6.07) is 3.31. The molecular formula is C11H9BrN2O2S. The second-order valence-corrected chi connectivity index (χ2v) is 5.16. The van der Waals surface area contributed by atoms with Crippen molar-refractivity contribution in [1.29, 1.82) is 0 Å². The third-order valence-electron chi connectivity index (χ3n) is 2.09. The lowest BCUT2D eigenvalue weighted by molar-refractivity contribution is 0.0950. The quantitative estimate of drug-likeness (QED) is 0.915. The molecule has 0 saturated heterocycles. The van der Waals surface area contributed by atoms with E-state index in [2.05, 4.69) is 26.2 Å². The fourth-order valence-electron chi connectivity index (χ4n) is 1.27. The van der Waals surface area contributed by atoms with Gasteiger partial charge in [0.25, 0.3) is 5.91 Å². The molecule has 1 amide bonds. The molecule has 0 aliphatic heterocycles. The molecule has 6 heteroatoms. The predicted molar refractivity (Wildman–Crippen MR) is 69.1 cm³/mol. The normalized spacial score (nSPS) is 10.2. The zero-order chi connectivity index (χ0) is 12.3. The highest BCUT2D eigenvalue weighted by Crippen LogP contribution is 2.22. The number of nitrogens with zero attached hydrogens (tertiary/aromatic N) is 1. The van der Waals surface area contributed by atoms with Crippen LogP contribution in [0.3, 0.4) is 0 Å².